The molecule has 5 heteroatoms. The molecular weight excluding hydrogens is 312 g/mol. The minimum absolute atomic E-state index is 0.311. The van der Waals surface area contributed by atoms with E-state index in [0.29, 0.717) is 29.6 Å². The fourth-order valence-corrected chi connectivity index (χ4v) is 2.43. The normalized spacial score (nSPS) is 12.1. The molecule has 4 nitrogen and oxygen atoms in total. The van der Waals surface area contributed by atoms with E-state index in [0.717, 1.165) is 0 Å². The second-order valence-electron chi connectivity index (χ2n) is 4.51. The molecule has 0 amide bonds. The minimum atomic E-state index is -0.350. The van der Waals surface area contributed by atoms with Crippen molar-refractivity contribution in [2.75, 3.05) is 14.2 Å². The first-order valence-corrected chi connectivity index (χ1v) is 6.97. The maximum atomic E-state index is 12.0. The number of carbonyl (C=O) groups excluding carboxylic acids is 1. The Kier molecular flexibility index (Phi) is 6.15. The van der Waals surface area contributed by atoms with Gasteiger partial charge in [-0.3, -0.25) is 4.79 Å². The largest absolute Gasteiger partial charge is 0.493 e. The molecule has 1 rings (SSSR count). The molecular formula is C14H19BrO4. The van der Waals surface area contributed by atoms with Gasteiger partial charge in [-0.05, 0) is 24.5 Å². The Morgan fingerprint density at radius 1 is 1.21 bits per heavy atom. The molecule has 0 aliphatic rings. The van der Waals surface area contributed by atoms with Crippen LogP contribution in [0.4, 0.5) is 0 Å². The highest BCUT2D eigenvalue weighted by Crippen LogP contribution is 2.37. The van der Waals surface area contributed by atoms with Gasteiger partial charge in [-0.1, -0.05) is 35.8 Å². The Morgan fingerprint density at radius 2 is 1.74 bits per heavy atom. The summed E-state index contributed by atoms with van der Waals surface area (Å²) in [5.41, 5.74) is 0. The number of halogens is 1. The van der Waals surface area contributed by atoms with Crippen LogP contribution in [0, 0.1) is 5.92 Å². The molecule has 1 atom stereocenters. The van der Waals surface area contributed by atoms with E-state index in [9.17, 15) is 4.79 Å². The first-order valence-electron chi connectivity index (χ1n) is 6.06. The monoisotopic (exact) mass is 330 g/mol. The Morgan fingerprint density at radius 3 is 2.16 bits per heavy atom. The summed E-state index contributed by atoms with van der Waals surface area (Å²) in [5, 5.41) is 0. The number of ether oxygens (including phenoxy) is 3. The topological polar surface area (TPSA) is 44.8 Å². The smallest absolute Gasteiger partial charge is 0.325 e. The highest BCUT2D eigenvalue weighted by atomic mass is 79.9. The van der Waals surface area contributed by atoms with E-state index in [2.05, 4.69) is 15.9 Å². The summed E-state index contributed by atoms with van der Waals surface area (Å²) in [6.07, 6.45) is 0.705. The van der Waals surface area contributed by atoms with Crippen molar-refractivity contribution in [2.24, 2.45) is 5.92 Å². The van der Waals surface area contributed by atoms with Crippen molar-refractivity contribution < 1.29 is 19.0 Å². The maximum Gasteiger partial charge on any atom is 0.325 e. The van der Waals surface area contributed by atoms with Crippen LogP contribution in [-0.2, 0) is 4.79 Å². The van der Waals surface area contributed by atoms with Crippen molar-refractivity contribution in [1.29, 1.82) is 0 Å². The Labute approximate surface area is 122 Å². The van der Waals surface area contributed by atoms with Crippen LogP contribution >= 0.6 is 15.9 Å². The standard InChI is InChI=1S/C14H19BrO4/c1-9(2)8-10(15)14(16)19-13-11(17-3)6-5-7-12(13)18-4/h5-7,9-10H,8H2,1-4H3. The summed E-state index contributed by atoms with van der Waals surface area (Å²) in [5.74, 6) is 1.30. The highest BCUT2D eigenvalue weighted by molar-refractivity contribution is 9.10. The van der Waals surface area contributed by atoms with E-state index < -0.39 is 0 Å². The zero-order chi connectivity index (χ0) is 14.4. The number of hydrogen-bond donors (Lipinski definition) is 0. The number of methoxy groups -OCH3 is 2. The van der Waals surface area contributed by atoms with Gasteiger partial charge in [-0.25, -0.2) is 0 Å². The number of para-hydroxylation sites is 1. The average molecular weight is 331 g/mol. The molecule has 0 N–H and O–H groups in total. The van der Waals surface area contributed by atoms with Gasteiger partial charge in [-0.2, -0.15) is 0 Å². The summed E-state index contributed by atoms with van der Waals surface area (Å²) >= 11 is 3.34. The maximum absolute atomic E-state index is 12.0. The minimum Gasteiger partial charge on any atom is -0.493 e. The Balaban J connectivity index is 2.89. The second kappa shape index (κ2) is 7.38. The van der Waals surface area contributed by atoms with Crippen LogP contribution in [0.25, 0.3) is 0 Å². The van der Waals surface area contributed by atoms with Gasteiger partial charge >= 0.3 is 5.97 Å². The first kappa shape index (κ1) is 15.8. The van der Waals surface area contributed by atoms with E-state index in [-0.39, 0.29) is 10.8 Å². The second-order valence-corrected chi connectivity index (χ2v) is 5.62. The van der Waals surface area contributed by atoms with E-state index in [1.165, 1.54) is 14.2 Å². The van der Waals surface area contributed by atoms with Crippen LogP contribution in [0.15, 0.2) is 18.2 Å². The van der Waals surface area contributed by atoms with Gasteiger partial charge in [0.1, 0.15) is 4.83 Å². The lowest BCUT2D eigenvalue weighted by Gasteiger charge is -2.15. The lowest BCUT2D eigenvalue weighted by molar-refractivity contribution is -0.134. The van der Waals surface area contributed by atoms with Crippen LogP contribution in [0.3, 0.4) is 0 Å². The third kappa shape index (κ3) is 4.42. The summed E-state index contributed by atoms with van der Waals surface area (Å²) in [4.78, 5) is 11.7. The molecule has 106 valence electrons. The molecule has 19 heavy (non-hydrogen) atoms. The SMILES string of the molecule is COc1cccc(OC)c1OC(=O)C(Br)CC(C)C. The Hall–Kier alpha value is -1.23. The van der Waals surface area contributed by atoms with Crippen molar-refractivity contribution in [3.8, 4) is 17.2 Å². The molecule has 0 aliphatic carbocycles. The molecule has 0 bridgehead atoms. The molecule has 0 heterocycles. The van der Waals surface area contributed by atoms with Gasteiger partial charge < -0.3 is 14.2 Å². The van der Waals surface area contributed by atoms with Crippen LogP contribution in [0.1, 0.15) is 20.3 Å². The molecule has 0 aliphatic heterocycles. The van der Waals surface area contributed by atoms with Gasteiger partial charge in [-0.15, -0.1) is 0 Å². The highest BCUT2D eigenvalue weighted by Gasteiger charge is 2.22. The fourth-order valence-electron chi connectivity index (χ4n) is 1.59. The van der Waals surface area contributed by atoms with E-state index in [4.69, 9.17) is 14.2 Å². The lowest BCUT2D eigenvalue weighted by atomic mass is 10.1. The van der Waals surface area contributed by atoms with E-state index >= 15 is 0 Å². The molecule has 0 aromatic heterocycles. The van der Waals surface area contributed by atoms with Gasteiger partial charge in [0.05, 0.1) is 14.2 Å². The average Bonchev–Trinajstić information content (AvgIpc) is 2.37. The van der Waals surface area contributed by atoms with E-state index in [1.807, 2.05) is 13.8 Å². The number of hydrogen-bond acceptors (Lipinski definition) is 4. The summed E-state index contributed by atoms with van der Waals surface area (Å²) in [6.45, 7) is 4.09. The number of rotatable bonds is 6. The first-order chi connectivity index (χ1) is 8.99. The quantitative estimate of drug-likeness (QED) is 0.455. The molecule has 0 saturated carbocycles. The summed E-state index contributed by atoms with van der Waals surface area (Å²) < 4.78 is 15.7. The lowest BCUT2D eigenvalue weighted by Crippen LogP contribution is -2.22. The van der Waals surface area contributed by atoms with Gasteiger partial charge in [0.2, 0.25) is 5.75 Å². The van der Waals surface area contributed by atoms with Crippen LogP contribution in [0.2, 0.25) is 0 Å². The molecule has 0 saturated heterocycles. The van der Waals surface area contributed by atoms with Crippen molar-refractivity contribution >= 4 is 21.9 Å². The van der Waals surface area contributed by atoms with Crippen LogP contribution in [-0.4, -0.2) is 25.0 Å². The molecule has 1 unspecified atom stereocenters. The molecule has 1 aromatic carbocycles. The number of alkyl halides is 1. The molecule has 0 radical (unpaired) electrons. The Bertz CT molecular complexity index is 409. The van der Waals surface area contributed by atoms with E-state index in [1.54, 1.807) is 18.2 Å². The van der Waals surface area contributed by atoms with Crippen molar-refractivity contribution in [3.63, 3.8) is 0 Å². The predicted octanol–water partition coefficient (Wildman–Crippen LogP) is 3.42. The fraction of sp³-hybridized carbons (Fsp3) is 0.500. The third-order valence-corrected chi connectivity index (χ3v) is 3.27. The van der Waals surface area contributed by atoms with Crippen LogP contribution < -0.4 is 14.2 Å². The van der Waals surface area contributed by atoms with Gasteiger partial charge in [0, 0.05) is 0 Å². The molecule has 0 fully saturated rings. The van der Waals surface area contributed by atoms with Crippen LogP contribution in [0.5, 0.6) is 17.2 Å². The van der Waals surface area contributed by atoms with Crippen molar-refractivity contribution in [2.45, 2.75) is 25.1 Å². The van der Waals surface area contributed by atoms with Gasteiger partial charge in [0.15, 0.2) is 11.5 Å². The van der Waals surface area contributed by atoms with Crippen molar-refractivity contribution in [3.05, 3.63) is 18.2 Å². The third-order valence-electron chi connectivity index (χ3n) is 2.52. The summed E-state index contributed by atoms with van der Waals surface area (Å²) in [7, 11) is 3.04. The van der Waals surface area contributed by atoms with Gasteiger partial charge in [0.25, 0.3) is 0 Å². The number of esters is 1. The molecule has 1 aromatic rings. The van der Waals surface area contributed by atoms with Crippen molar-refractivity contribution in [1.82, 2.24) is 0 Å². The summed E-state index contributed by atoms with van der Waals surface area (Å²) in [6, 6.07) is 5.21. The molecule has 0 spiro atoms. The zero-order valence-electron chi connectivity index (χ0n) is 11.6. The number of carbonyl (C=O) groups is 1. The number of benzene rings is 1. The zero-order valence-corrected chi connectivity index (χ0v) is 13.2. The predicted molar refractivity (Wildman–Crippen MR) is 77.4 cm³/mol.